The Morgan fingerprint density at radius 1 is 1.13 bits per heavy atom. The average molecular weight is 310 g/mol. The molecular weight excluding hydrogens is 288 g/mol. The summed E-state index contributed by atoms with van der Waals surface area (Å²) in [7, 11) is 0. The number of fused-ring (bicyclic) bond motifs is 1. The quantitative estimate of drug-likeness (QED) is 0.872. The van der Waals surface area contributed by atoms with Gasteiger partial charge in [0.2, 0.25) is 5.91 Å². The highest BCUT2D eigenvalue weighted by Gasteiger charge is 2.33. The number of para-hydroxylation sites is 1. The summed E-state index contributed by atoms with van der Waals surface area (Å²) in [6.07, 6.45) is 7.30. The second-order valence-corrected chi connectivity index (χ2v) is 6.63. The molecule has 1 aliphatic heterocycles. The first-order chi connectivity index (χ1) is 11.3. The van der Waals surface area contributed by atoms with Crippen LogP contribution in [-0.4, -0.2) is 35.0 Å². The second kappa shape index (κ2) is 6.19. The predicted molar refractivity (Wildman–Crippen MR) is 89.3 cm³/mol. The molecule has 1 aromatic carbocycles. The number of aromatic nitrogens is 1. The molecule has 2 aromatic rings. The van der Waals surface area contributed by atoms with E-state index in [2.05, 4.69) is 4.98 Å². The number of hydrogen-bond acceptors (Lipinski definition) is 3. The van der Waals surface area contributed by atoms with Crippen molar-refractivity contribution in [1.82, 2.24) is 9.88 Å². The molecule has 1 amide bonds. The van der Waals surface area contributed by atoms with Crippen LogP contribution in [0.5, 0.6) is 5.75 Å². The number of likely N-dealkylation sites (tertiary alicyclic amines) is 1. The van der Waals surface area contributed by atoms with Crippen molar-refractivity contribution in [3.05, 3.63) is 36.5 Å². The van der Waals surface area contributed by atoms with Crippen molar-refractivity contribution in [2.45, 2.75) is 38.2 Å². The summed E-state index contributed by atoms with van der Waals surface area (Å²) in [4.78, 5) is 19.0. The lowest BCUT2D eigenvalue weighted by molar-refractivity contribution is -0.134. The summed E-state index contributed by atoms with van der Waals surface area (Å²) in [5, 5.41) is 1.09. The molecule has 0 N–H and O–H groups in total. The van der Waals surface area contributed by atoms with Gasteiger partial charge in [0.15, 0.2) is 0 Å². The molecule has 2 heterocycles. The summed E-state index contributed by atoms with van der Waals surface area (Å²) < 4.78 is 6.18. The Morgan fingerprint density at radius 3 is 2.83 bits per heavy atom. The maximum atomic E-state index is 12.5. The van der Waals surface area contributed by atoms with Crippen LogP contribution in [0.3, 0.4) is 0 Å². The highest BCUT2D eigenvalue weighted by atomic mass is 16.5. The van der Waals surface area contributed by atoms with Gasteiger partial charge in [0.25, 0.3) is 0 Å². The van der Waals surface area contributed by atoms with Crippen LogP contribution in [0.15, 0.2) is 36.5 Å². The van der Waals surface area contributed by atoms with E-state index in [1.54, 1.807) is 6.20 Å². The summed E-state index contributed by atoms with van der Waals surface area (Å²) in [5.74, 6) is 1.42. The number of benzene rings is 1. The Kier molecular flexibility index (Phi) is 3.90. The lowest BCUT2D eigenvalue weighted by atomic mass is 10.1. The Labute approximate surface area is 136 Å². The normalized spacial score (nSPS) is 21.9. The summed E-state index contributed by atoms with van der Waals surface area (Å²) in [5.41, 5.74) is 0.899. The molecule has 4 heteroatoms. The largest absolute Gasteiger partial charge is 0.486 e. The molecule has 23 heavy (non-hydrogen) atoms. The molecule has 2 fully saturated rings. The minimum atomic E-state index is 0.0768. The average Bonchev–Trinajstić information content (AvgIpc) is 3.27. The van der Waals surface area contributed by atoms with E-state index in [9.17, 15) is 4.79 Å². The van der Waals surface area contributed by atoms with Crippen LogP contribution in [0.1, 0.15) is 32.1 Å². The van der Waals surface area contributed by atoms with Crippen LogP contribution in [0.2, 0.25) is 0 Å². The Morgan fingerprint density at radius 2 is 1.96 bits per heavy atom. The lowest BCUT2D eigenvalue weighted by Gasteiger charge is -2.20. The number of nitrogens with zero attached hydrogens (tertiary/aromatic N) is 2. The van der Waals surface area contributed by atoms with Gasteiger partial charge in [-0.15, -0.1) is 0 Å². The third-order valence-corrected chi connectivity index (χ3v) is 5.05. The molecule has 120 valence electrons. The van der Waals surface area contributed by atoms with Gasteiger partial charge in [-0.3, -0.25) is 9.78 Å². The SMILES string of the molecule is O=C(C1CCCC1)N1CCC(Oc2cccc3cccnc23)C1. The van der Waals surface area contributed by atoms with Crippen LogP contribution in [0, 0.1) is 5.92 Å². The monoisotopic (exact) mass is 310 g/mol. The summed E-state index contributed by atoms with van der Waals surface area (Å²) >= 11 is 0. The van der Waals surface area contributed by atoms with Crippen LogP contribution in [0.4, 0.5) is 0 Å². The molecule has 1 saturated heterocycles. The van der Waals surface area contributed by atoms with Gasteiger partial charge in [0.05, 0.1) is 6.54 Å². The number of carbonyl (C=O) groups is 1. The highest BCUT2D eigenvalue weighted by Crippen LogP contribution is 2.30. The first-order valence-electron chi connectivity index (χ1n) is 8.60. The molecule has 2 aliphatic rings. The molecule has 1 aliphatic carbocycles. The van der Waals surface area contributed by atoms with E-state index in [0.717, 1.165) is 42.5 Å². The van der Waals surface area contributed by atoms with Gasteiger partial charge in [0.1, 0.15) is 17.4 Å². The van der Waals surface area contributed by atoms with Gasteiger partial charge in [-0.2, -0.15) is 0 Å². The number of amides is 1. The van der Waals surface area contributed by atoms with Crippen LogP contribution in [-0.2, 0) is 4.79 Å². The van der Waals surface area contributed by atoms with Crippen LogP contribution >= 0.6 is 0 Å². The predicted octanol–water partition coefficient (Wildman–Crippen LogP) is 3.40. The third kappa shape index (κ3) is 2.90. The van der Waals surface area contributed by atoms with Gasteiger partial charge in [-0.05, 0) is 25.0 Å². The number of ether oxygens (including phenoxy) is 1. The smallest absolute Gasteiger partial charge is 0.225 e. The first kappa shape index (κ1) is 14.5. The molecule has 1 atom stereocenters. The van der Waals surface area contributed by atoms with Gasteiger partial charge < -0.3 is 9.64 Å². The number of hydrogen-bond donors (Lipinski definition) is 0. The fraction of sp³-hybridized carbons (Fsp3) is 0.474. The van der Waals surface area contributed by atoms with Crippen molar-refractivity contribution in [3.63, 3.8) is 0 Å². The Hall–Kier alpha value is -2.10. The zero-order chi connectivity index (χ0) is 15.6. The summed E-state index contributed by atoms with van der Waals surface area (Å²) in [6, 6.07) is 9.98. The van der Waals surface area contributed by atoms with E-state index in [1.165, 1.54) is 12.8 Å². The number of carbonyl (C=O) groups excluding carboxylic acids is 1. The topological polar surface area (TPSA) is 42.4 Å². The maximum Gasteiger partial charge on any atom is 0.225 e. The van der Waals surface area contributed by atoms with E-state index in [-0.39, 0.29) is 12.0 Å². The van der Waals surface area contributed by atoms with Crippen molar-refractivity contribution < 1.29 is 9.53 Å². The van der Waals surface area contributed by atoms with Crippen molar-refractivity contribution in [2.24, 2.45) is 5.92 Å². The van der Waals surface area contributed by atoms with Gasteiger partial charge in [-0.1, -0.05) is 31.0 Å². The molecule has 0 bridgehead atoms. The van der Waals surface area contributed by atoms with E-state index >= 15 is 0 Å². The van der Waals surface area contributed by atoms with Gasteiger partial charge in [0, 0.05) is 30.5 Å². The standard InChI is InChI=1S/C19H22N2O2/c22-19(15-5-1-2-6-15)21-12-10-16(13-21)23-17-9-3-7-14-8-4-11-20-18(14)17/h3-4,7-9,11,15-16H,1-2,5-6,10,12-13H2. The van der Waals surface area contributed by atoms with Crippen molar-refractivity contribution >= 4 is 16.8 Å². The van der Waals surface area contributed by atoms with E-state index in [1.807, 2.05) is 35.2 Å². The fourth-order valence-corrected chi connectivity index (χ4v) is 3.81. The molecule has 4 nitrogen and oxygen atoms in total. The van der Waals surface area contributed by atoms with Crippen molar-refractivity contribution in [3.8, 4) is 5.75 Å². The number of pyridine rings is 1. The van der Waals surface area contributed by atoms with Crippen LogP contribution in [0.25, 0.3) is 10.9 Å². The number of rotatable bonds is 3. The summed E-state index contributed by atoms with van der Waals surface area (Å²) in [6.45, 7) is 1.52. The zero-order valence-electron chi connectivity index (χ0n) is 13.3. The zero-order valence-corrected chi connectivity index (χ0v) is 13.3. The molecule has 4 rings (SSSR count). The molecule has 1 aromatic heterocycles. The Balaban J connectivity index is 1.44. The Bertz CT molecular complexity index is 704. The maximum absolute atomic E-state index is 12.5. The highest BCUT2D eigenvalue weighted by molar-refractivity contribution is 5.84. The first-order valence-corrected chi connectivity index (χ1v) is 8.60. The molecule has 0 radical (unpaired) electrons. The minimum absolute atomic E-state index is 0.0768. The van der Waals surface area contributed by atoms with Gasteiger partial charge in [-0.25, -0.2) is 0 Å². The van der Waals surface area contributed by atoms with Crippen LogP contribution < -0.4 is 4.74 Å². The fourth-order valence-electron chi connectivity index (χ4n) is 3.81. The molecular formula is C19H22N2O2. The lowest BCUT2D eigenvalue weighted by Crippen LogP contribution is -2.34. The van der Waals surface area contributed by atoms with E-state index in [0.29, 0.717) is 12.5 Å². The second-order valence-electron chi connectivity index (χ2n) is 6.63. The molecule has 0 spiro atoms. The minimum Gasteiger partial charge on any atom is -0.486 e. The van der Waals surface area contributed by atoms with Crippen molar-refractivity contribution in [1.29, 1.82) is 0 Å². The molecule has 1 unspecified atom stereocenters. The molecule has 1 saturated carbocycles. The van der Waals surface area contributed by atoms with Gasteiger partial charge >= 0.3 is 0 Å². The third-order valence-electron chi connectivity index (χ3n) is 5.05. The van der Waals surface area contributed by atoms with Crippen molar-refractivity contribution in [2.75, 3.05) is 13.1 Å². The van der Waals surface area contributed by atoms with E-state index in [4.69, 9.17) is 4.74 Å². The van der Waals surface area contributed by atoms with E-state index < -0.39 is 0 Å².